The summed E-state index contributed by atoms with van der Waals surface area (Å²) in [6, 6.07) is 3.71. The number of benzene rings is 1. The zero-order valence-corrected chi connectivity index (χ0v) is 20.4. The quantitative estimate of drug-likeness (QED) is 0.634. The van der Waals surface area contributed by atoms with Crippen molar-refractivity contribution in [2.75, 3.05) is 26.2 Å². The number of hydrogen-bond acceptors (Lipinski definition) is 6. The van der Waals surface area contributed by atoms with Gasteiger partial charge in [-0.25, -0.2) is 4.79 Å². The highest BCUT2D eigenvalue weighted by Gasteiger charge is 2.43. The average molecular weight is 483 g/mol. The second kappa shape index (κ2) is 9.64. The van der Waals surface area contributed by atoms with Gasteiger partial charge in [-0.15, -0.1) is 0 Å². The molecule has 2 aromatic rings. The van der Waals surface area contributed by atoms with E-state index in [0.29, 0.717) is 36.4 Å². The zero-order valence-electron chi connectivity index (χ0n) is 20.4. The van der Waals surface area contributed by atoms with Crippen LogP contribution >= 0.6 is 0 Å². The molecule has 0 spiro atoms. The lowest BCUT2D eigenvalue weighted by Gasteiger charge is -2.47. The van der Waals surface area contributed by atoms with Gasteiger partial charge < -0.3 is 24.5 Å². The van der Waals surface area contributed by atoms with Crippen LogP contribution in [0.1, 0.15) is 61.6 Å². The van der Waals surface area contributed by atoms with Gasteiger partial charge in [0, 0.05) is 35.5 Å². The van der Waals surface area contributed by atoms with Gasteiger partial charge >= 0.3 is 5.63 Å². The zero-order chi connectivity index (χ0) is 24.6. The number of likely N-dealkylation sites (tertiary alicyclic amines) is 1. The molecule has 0 radical (unpaired) electrons. The summed E-state index contributed by atoms with van der Waals surface area (Å²) in [5.41, 5.74) is 2.12. The molecule has 2 aliphatic carbocycles. The number of fused-ring (bicyclic) bond motifs is 4. The van der Waals surface area contributed by atoms with Crippen LogP contribution in [0.5, 0.6) is 5.75 Å². The van der Waals surface area contributed by atoms with Crippen molar-refractivity contribution in [2.24, 2.45) is 5.92 Å². The molecule has 2 atom stereocenters. The van der Waals surface area contributed by atoms with E-state index in [1.807, 2.05) is 19.1 Å². The number of hydrogen-bond donors (Lipinski definition) is 2. The molecule has 2 amide bonds. The number of aryl methyl sites for hydroxylation is 2. The molecular weight excluding hydrogens is 448 g/mol. The van der Waals surface area contributed by atoms with E-state index < -0.39 is 11.5 Å². The van der Waals surface area contributed by atoms with Crippen LogP contribution in [0, 0.1) is 12.8 Å². The van der Waals surface area contributed by atoms with E-state index in [-0.39, 0.29) is 30.6 Å². The second-order valence-electron chi connectivity index (χ2n) is 10.3. The summed E-state index contributed by atoms with van der Waals surface area (Å²) in [6.07, 6.45) is 8.16. The lowest BCUT2D eigenvalue weighted by atomic mass is 9.71. The van der Waals surface area contributed by atoms with E-state index in [2.05, 4.69) is 5.32 Å². The van der Waals surface area contributed by atoms with Crippen LogP contribution in [-0.4, -0.2) is 53.7 Å². The van der Waals surface area contributed by atoms with Crippen LogP contribution in [0.25, 0.3) is 11.0 Å². The molecule has 1 aromatic carbocycles. The molecule has 5 rings (SSSR count). The molecule has 2 N–H and O–H groups in total. The molecule has 0 unspecified atom stereocenters. The Labute approximate surface area is 204 Å². The predicted molar refractivity (Wildman–Crippen MR) is 130 cm³/mol. The largest absolute Gasteiger partial charge is 0.483 e. The van der Waals surface area contributed by atoms with Crippen LogP contribution in [0.3, 0.4) is 0 Å². The number of nitrogens with one attached hydrogen (secondary N) is 1. The molecule has 1 saturated heterocycles. The van der Waals surface area contributed by atoms with Gasteiger partial charge in [0.1, 0.15) is 11.3 Å². The van der Waals surface area contributed by atoms with Crippen molar-refractivity contribution in [3.8, 4) is 5.75 Å². The van der Waals surface area contributed by atoms with Crippen molar-refractivity contribution in [2.45, 2.75) is 70.3 Å². The fourth-order valence-corrected chi connectivity index (χ4v) is 6.06. The Kier molecular flexibility index (Phi) is 6.57. The van der Waals surface area contributed by atoms with Gasteiger partial charge in [0.25, 0.3) is 5.91 Å². The SMILES string of the molecule is Cc1c(OCC(=O)NCC(=O)N2CC[C@]3(O)CCCC[C@H]3C2)ccc2c3c(c(=O)oc12)CCCC3. The first-order valence-corrected chi connectivity index (χ1v) is 12.8. The first-order valence-electron chi connectivity index (χ1n) is 12.8. The van der Waals surface area contributed by atoms with Crippen LogP contribution < -0.4 is 15.7 Å². The van der Waals surface area contributed by atoms with Crippen molar-refractivity contribution in [1.82, 2.24) is 10.2 Å². The van der Waals surface area contributed by atoms with E-state index in [4.69, 9.17) is 9.15 Å². The van der Waals surface area contributed by atoms with E-state index in [1.165, 1.54) is 0 Å². The molecule has 1 aromatic heterocycles. The summed E-state index contributed by atoms with van der Waals surface area (Å²) in [5, 5.41) is 14.4. The molecule has 0 bridgehead atoms. The third kappa shape index (κ3) is 4.68. The number of rotatable bonds is 5. The smallest absolute Gasteiger partial charge is 0.339 e. The maximum atomic E-state index is 12.7. The minimum atomic E-state index is -0.637. The normalized spacial score (nSPS) is 23.9. The highest BCUT2D eigenvalue weighted by molar-refractivity contribution is 5.87. The van der Waals surface area contributed by atoms with Gasteiger partial charge in [-0.05, 0) is 69.6 Å². The molecule has 2 fully saturated rings. The van der Waals surface area contributed by atoms with E-state index in [1.54, 1.807) is 4.90 Å². The fourth-order valence-electron chi connectivity index (χ4n) is 6.06. The van der Waals surface area contributed by atoms with Gasteiger partial charge in [0.05, 0.1) is 12.1 Å². The van der Waals surface area contributed by atoms with Crippen molar-refractivity contribution < 1.29 is 23.8 Å². The molecule has 35 heavy (non-hydrogen) atoms. The topological polar surface area (TPSA) is 109 Å². The summed E-state index contributed by atoms with van der Waals surface area (Å²) < 4.78 is 11.3. The van der Waals surface area contributed by atoms with Crippen LogP contribution in [0.4, 0.5) is 0 Å². The van der Waals surface area contributed by atoms with Crippen molar-refractivity contribution in [1.29, 1.82) is 0 Å². The third-order valence-electron chi connectivity index (χ3n) is 8.17. The van der Waals surface area contributed by atoms with Gasteiger partial charge in [-0.3, -0.25) is 9.59 Å². The number of nitrogens with zero attached hydrogens (tertiary/aromatic N) is 1. The van der Waals surface area contributed by atoms with E-state index in [9.17, 15) is 19.5 Å². The van der Waals surface area contributed by atoms with Crippen LogP contribution in [0.2, 0.25) is 0 Å². The number of amides is 2. The minimum Gasteiger partial charge on any atom is -0.483 e. The summed E-state index contributed by atoms with van der Waals surface area (Å²) in [7, 11) is 0. The number of piperidine rings is 1. The Morgan fingerprint density at radius 2 is 1.97 bits per heavy atom. The molecule has 1 saturated carbocycles. The van der Waals surface area contributed by atoms with Crippen molar-refractivity contribution >= 4 is 22.8 Å². The first kappa shape index (κ1) is 23.9. The highest BCUT2D eigenvalue weighted by atomic mass is 16.5. The number of aliphatic hydroxyl groups is 1. The van der Waals surface area contributed by atoms with E-state index in [0.717, 1.165) is 67.9 Å². The summed E-state index contributed by atoms with van der Waals surface area (Å²) in [6.45, 7) is 2.55. The number of ether oxygens (including phenoxy) is 1. The monoisotopic (exact) mass is 482 g/mol. The van der Waals surface area contributed by atoms with Gasteiger partial charge in [0.15, 0.2) is 6.61 Å². The average Bonchev–Trinajstić information content (AvgIpc) is 2.87. The lowest BCUT2D eigenvalue weighted by molar-refractivity contribution is -0.143. The third-order valence-corrected chi connectivity index (χ3v) is 8.17. The molecular formula is C27H34N2O6. The van der Waals surface area contributed by atoms with Crippen molar-refractivity contribution in [3.63, 3.8) is 0 Å². The molecule has 188 valence electrons. The number of carbonyl (C=O) groups excluding carboxylic acids is 2. The summed E-state index contributed by atoms with van der Waals surface area (Å²) >= 11 is 0. The maximum Gasteiger partial charge on any atom is 0.339 e. The van der Waals surface area contributed by atoms with Gasteiger partial charge in [-0.1, -0.05) is 12.8 Å². The van der Waals surface area contributed by atoms with Crippen LogP contribution in [-0.2, 0) is 22.4 Å². The van der Waals surface area contributed by atoms with Crippen molar-refractivity contribution in [3.05, 3.63) is 39.2 Å². The lowest BCUT2D eigenvalue weighted by Crippen LogP contribution is -2.56. The van der Waals surface area contributed by atoms with Crippen LogP contribution in [0.15, 0.2) is 21.3 Å². The van der Waals surface area contributed by atoms with Gasteiger partial charge in [0.2, 0.25) is 5.91 Å². The standard InChI is InChI=1S/C27H34N2O6/c1-17-22(10-9-20-19-7-2-3-8-21(19)26(32)35-25(17)20)34-16-23(30)28-14-24(31)29-13-12-27(33)11-5-4-6-18(27)15-29/h9-10,18,33H,2-8,11-16H2,1H3,(H,28,30)/t18-,27+/m0/s1. The summed E-state index contributed by atoms with van der Waals surface area (Å²) in [4.78, 5) is 39.2. The molecule has 1 aliphatic heterocycles. The molecule has 8 heteroatoms. The molecule has 2 heterocycles. The Hall–Kier alpha value is -2.87. The minimum absolute atomic E-state index is 0.0922. The Bertz CT molecular complexity index is 1200. The van der Waals surface area contributed by atoms with E-state index >= 15 is 0 Å². The Morgan fingerprint density at radius 1 is 1.17 bits per heavy atom. The summed E-state index contributed by atoms with van der Waals surface area (Å²) in [5.74, 6) is 0.0651. The predicted octanol–water partition coefficient (Wildman–Crippen LogP) is 2.63. The second-order valence-corrected chi connectivity index (χ2v) is 10.3. The van der Waals surface area contributed by atoms with Gasteiger partial charge in [-0.2, -0.15) is 0 Å². The maximum absolute atomic E-state index is 12.7. The molecule has 8 nitrogen and oxygen atoms in total. The highest BCUT2D eigenvalue weighted by Crippen LogP contribution is 2.39. The Morgan fingerprint density at radius 3 is 2.80 bits per heavy atom. The fraction of sp³-hybridized carbons (Fsp3) is 0.593. The number of carbonyl (C=O) groups is 2. The molecule has 3 aliphatic rings. The first-order chi connectivity index (χ1) is 16.9. The Balaban J connectivity index is 1.17.